The quantitative estimate of drug-likeness (QED) is 0.334. The Kier molecular flexibility index (Phi) is 6.06. The van der Waals surface area contributed by atoms with E-state index in [-0.39, 0.29) is 24.9 Å². The number of benzene rings is 2. The van der Waals surface area contributed by atoms with Crippen molar-refractivity contribution in [2.24, 2.45) is 0 Å². The van der Waals surface area contributed by atoms with Gasteiger partial charge in [-0.3, -0.25) is 14.5 Å². The first kappa shape index (κ1) is 22.2. The first-order valence-corrected chi connectivity index (χ1v) is 12.0. The zero-order chi connectivity index (χ0) is 23.7. The van der Waals surface area contributed by atoms with Gasteiger partial charge in [-0.05, 0) is 54.7 Å². The van der Waals surface area contributed by atoms with Crippen LogP contribution in [0.5, 0.6) is 5.75 Å². The number of furan rings is 1. The predicted octanol–water partition coefficient (Wildman–Crippen LogP) is 5.36. The minimum absolute atomic E-state index is 0.0260. The number of fused-ring (bicyclic) bond motifs is 2. The fourth-order valence-electron chi connectivity index (χ4n) is 4.33. The lowest BCUT2D eigenvalue weighted by Gasteiger charge is -2.20. The Morgan fingerprint density at radius 2 is 1.97 bits per heavy atom. The van der Waals surface area contributed by atoms with E-state index in [1.807, 2.05) is 12.1 Å². The van der Waals surface area contributed by atoms with Crippen LogP contribution in [-0.2, 0) is 40.2 Å². The van der Waals surface area contributed by atoms with E-state index in [0.717, 1.165) is 35.8 Å². The van der Waals surface area contributed by atoms with E-state index >= 15 is 0 Å². The Balaban J connectivity index is 1.27. The molecule has 2 aromatic carbocycles. The number of thiazole rings is 1. The van der Waals surface area contributed by atoms with Gasteiger partial charge in [-0.2, -0.15) is 0 Å². The van der Waals surface area contributed by atoms with Crippen LogP contribution >= 0.6 is 11.3 Å². The van der Waals surface area contributed by atoms with E-state index in [0.29, 0.717) is 22.3 Å². The number of carbonyl (C=O) groups is 2. The first-order chi connectivity index (χ1) is 16.5. The number of hydrogen-bond donors (Lipinski definition) is 0. The number of aryl methyl sites for hydroxylation is 2. The van der Waals surface area contributed by atoms with Crippen LogP contribution in [0.4, 0.5) is 10.8 Å². The summed E-state index contributed by atoms with van der Waals surface area (Å²) in [6.45, 7) is 1.50. The first-order valence-electron chi connectivity index (χ1n) is 11.1. The summed E-state index contributed by atoms with van der Waals surface area (Å²) in [6.07, 6.45) is 5.08. The fraction of sp³-hybridized carbons (Fsp3) is 0.269. The molecule has 0 radical (unpaired) electrons. The zero-order valence-electron chi connectivity index (χ0n) is 19.0. The third-order valence-electron chi connectivity index (χ3n) is 5.96. The molecule has 0 atom stereocenters. The Bertz CT molecular complexity index is 1370. The fourth-order valence-corrected chi connectivity index (χ4v) is 5.20. The van der Waals surface area contributed by atoms with Crippen molar-refractivity contribution in [1.82, 2.24) is 4.98 Å². The molecule has 0 saturated heterocycles. The number of hydrogen-bond acceptors (Lipinski definition) is 7. The third kappa shape index (κ3) is 4.28. The molecule has 0 spiro atoms. The molecule has 0 N–H and O–H groups in total. The Hall–Kier alpha value is -3.65. The van der Waals surface area contributed by atoms with Crippen molar-refractivity contribution in [3.05, 3.63) is 70.4 Å². The highest BCUT2D eigenvalue weighted by atomic mass is 32.1. The molecule has 0 bridgehead atoms. The van der Waals surface area contributed by atoms with E-state index in [1.165, 1.54) is 34.3 Å². The molecular weight excluding hydrogens is 452 g/mol. The topological polar surface area (TPSA) is 81.9 Å². The molecule has 1 amide bonds. The lowest BCUT2D eigenvalue weighted by atomic mass is 10.0. The SMILES string of the molecule is COc1ccccc1N(C(C)=O)c1nc(COC(=O)Cc2coc3cc4c(cc23)CCC4)cs1. The van der Waals surface area contributed by atoms with Crippen molar-refractivity contribution >= 4 is 45.0 Å². The standard InChI is InChI=1S/C26H24N2O5S/c1-16(29)28(22-8-3-4-9-23(22)31-2)26-27-20(15-34-26)14-33-25(30)12-19-13-32-24-11-18-7-5-6-17(18)10-21(19)24/h3-4,8-11,13,15H,5-7,12,14H2,1-2H3. The number of aromatic nitrogens is 1. The summed E-state index contributed by atoms with van der Waals surface area (Å²) in [4.78, 5) is 30.9. The van der Waals surface area contributed by atoms with Gasteiger partial charge in [0.15, 0.2) is 5.13 Å². The van der Waals surface area contributed by atoms with Gasteiger partial charge in [0.25, 0.3) is 0 Å². The molecule has 0 aliphatic heterocycles. The second kappa shape index (κ2) is 9.30. The minimum atomic E-state index is -0.356. The van der Waals surface area contributed by atoms with Crippen molar-refractivity contribution in [2.45, 2.75) is 39.2 Å². The monoisotopic (exact) mass is 476 g/mol. The Morgan fingerprint density at radius 3 is 2.76 bits per heavy atom. The molecule has 5 rings (SSSR count). The molecule has 4 aromatic rings. The lowest BCUT2D eigenvalue weighted by Crippen LogP contribution is -2.23. The third-order valence-corrected chi connectivity index (χ3v) is 6.83. The second-order valence-corrected chi connectivity index (χ2v) is 9.05. The average Bonchev–Trinajstić information content (AvgIpc) is 3.57. The normalized spacial score (nSPS) is 12.5. The van der Waals surface area contributed by atoms with Crippen molar-refractivity contribution in [2.75, 3.05) is 12.0 Å². The van der Waals surface area contributed by atoms with Gasteiger partial charge >= 0.3 is 5.97 Å². The van der Waals surface area contributed by atoms with Crippen molar-refractivity contribution in [1.29, 1.82) is 0 Å². The molecule has 0 fully saturated rings. The second-order valence-electron chi connectivity index (χ2n) is 8.22. The van der Waals surface area contributed by atoms with Crippen LogP contribution in [0.3, 0.4) is 0 Å². The number of nitrogens with zero attached hydrogens (tertiary/aromatic N) is 2. The van der Waals surface area contributed by atoms with E-state index < -0.39 is 0 Å². The Labute approximate surface area is 200 Å². The summed E-state index contributed by atoms with van der Waals surface area (Å²) in [5, 5.41) is 3.24. The maximum absolute atomic E-state index is 12.5. The summed E-state index contributed by atoms with van der Waals surface area (Å²) in [6, 6.07) is 11.5. The molecule has 1 aliphatic carbocycles. The van der Waals surface area contributed by atoms with Gasteiger partial charge in [0.2, 0.25) is 5.91 Å². The van der Waals surface area contributed by atoms with Gasteiger partial charge in [0.1, 0.15) is 17.9 Å². The number of rotatable bonds is 7. The molecule has 2 aromatic heterocycles. The maximum Gasteiger partial charge on any atom is 0.310 e. The number of amides is 1. The molecule has 0 unspecified atom stereocenters. The van der Waals surface area contributed by atoms with Crippen LogP contribution in [0.1, 0.15) is 35.7 Å². The highest BCUT2D eigenvalue weighted by Gasteiger charge is 2.22. The van der Waals surface area contributed by atoms with Gasteiger partial charge in [-0.25, -0.2) is 4.98 Å². The highest BCUT2D eigenvalue weighted by Crippen LogP contribution is 2.35. The van der Waals surface area contributed by atoms with Gasteiger partial charge in [-0.15, -0.1) is 11.3 Å². The molecule has 34 heavy (non-hydrogen) atoms. The van der Waals surface area contributed by atoms with Crippen LogP contribution in [0.25, 0.3) is 11.0 Å². The molecule has 2 heterocycles. The van der Waals surface area contributed by atoms with Crippen molar-refractivity contribution in [3.63, 3.8) is 0 Å². The predicted molar refractivity (Wildman–Crippen MR) is 130 cm³/mol. The highest BCUT2D eigenvalue weighted by molar-refractivity contribution is 7.14. The number of para-hydroxylation sites is 2. The molecule has 174 valence electrons. The van der Waals surface area contributed by atoms with Crippen LogP contribution in [0, 0.1) is 0 Å². The number of ether oxygens (including phenoxy) is 2. The maximum atomic E-state index is 12.5. The summed E-state index contributed by atoms with van der Waals surface area (Å²) in [7, 11) is 1.56. The van der Waals surface area contributed by atoms with Crippen LogP contribution in [0.2, 0.25) is 0 Å². The van der Waals surface area contributed by atoms with E-state index in [1.54, 1.807) is 30.9 Å². The number of methoxy groups -OCH3 is 1. The minimum Gasteiger partial charge on any atom is -0.495 e. The van der Waals surface area contributed by atoms with E-state index in [4.69, 9.17) is 13.9 Å². The molecular formula is C26H24N2O5S. The average molecular weight is 477 g/mol. The Morgan fingerprint density at radius 1 is 1.18 bits per heavy atom. The number of carbonyl (C=O) groups excluding carboxylic acids is 2. The van der Waals surface area contributed by atoms with Gasteiger partial charge < -0.3 is 13.9 Å². The van der Waals surface area contributed by atoms with E-state index in [2.05, 4.69) is 17.1 Å². The van der Waals surface area contributed by atoms with Crippen molar-refractivity contribution in [3.8, 4) is 5.75 Å². The largest absolute Gasteiger partial charge is 0.495 e. The zero-order valence-corrected chi connectivity index (χ0v) is 19.8. The molecule has 1 aliphatic rings. The molecule has 8 heteroatoms. The summed E-state index contributed by atoms with van der Waals surface area (Å²) in [5.41, 5.74) is 5.49. The summed E-state index contributed by atoms with van der Waals surface area (Å²) >= 11 is 1.30. The summed E-state index contributed by atoms with van der Waals surface area (Å²) < 4.78 is 16.6. The van der Waals surface area contributed by atoms with Gasteiger partial charge in [-0.1, -0.05) is 12.1 Å². The molecule has 0 saturated carbocycles. The van der Waals surface area contributed by atoms with Gasteiger partial charge in [0.05, 0.1) is 31.2 Å². The molecule has 7 nitrogen and oxygen atoms in total. The number of anilines is 2. The van der Waals surface area contributed by atoms with E-state index in [9.17, 15) is 9.59 Å². The van der Waals surface area contributed by atoms with Crippen LogP contribution < -0.4 is 9.64 Å². The summed E-state index contributed by atoms with van der Waals surface area (Å²) in [5.74, 6) is 0.0190. The van der Waals surface area contributed by atoms with Gasteiger partial charge in [0, 0.05) is 23.3 Å². The number of esters is 1. The van der Waals surface area contributed by atoms with Crippen LogP contribution in [-0.4, -0.2) is 24.0 Å². The smallest absolute Gasteiger partial charge is 0.310 e. The van der Waals surface area contributed by atoms with Crippen molar-refractivity contribution < 1.29 is 23.5 Å². The lowest BCUT2D eigenvalue weighted by molar-refractivity contribution is -0.144. The van der Waals surface area contributed by atoms with Crippen LogP contribution in [0.15, 0.2) is 52.5 Å².